The molecule has 0 nitrogen and oxygen atoms in total. The molecule has 0 saturated carbocycles. The minimum atomic E-state index is -0.319. The van der Waals surface area contributed by atoms with Crippen LogP contribution in [-0.4, -0.2) is 13.3 Å². The Kier molecular flexibility index (Phi) is 4.92. The standard InChI is InChI=1S/C6H12F2/c1-6(5-8)3-2-4-7/h6H,2-5H2,1H3. The summed E-state index contributed by atoms with van der Waals surface area (Å²) >= 11 is 0. The van der Waals surface area contributed by atoms with Gasteiger partial charge < -0.3 is 0 Å². The second-order valence-corrected chi connectivity index (χ2v) is 2.09. The minimum Gasteiger partial charge on any atom is -0.251 e. The molecule has 0 aliphatic heterocycles. The highest BCUT2D eigenvalue weighted by molar-refractivity contribution is 4.48. The molecule has 2 heteroatoms. The Labute approximate surface area is 48.9 Å². The Morgan fingerprint density at radius 2 is 2.00 bits per heavy atom. The zero-order chi connectivity index (χ0) is 6.41. The first-order valence-corrected chi connectivity index (χ1v) is 2.93. The predicted octanol–water partition coefficient (Wildman–Crippen LogP) is 2.34. The van der Waals surface area contributed by atoms with Crippen LogP contribution in [-0.2, 0) is 0 Å². The Balaban J connectivity index is 2.86. The molecule has 1 unspecified atom stereocenters. The van der Waals surface area contributed by atoms with E-state index in [2.05, 4.69) is 0 Å². The Bertz CT molecular complexity index is 45.8. The molecule has 0 radical (unpaired) electrons. The van der Waals surface area contributed by atoms with E-state index in [1.54, 1.807) is 6.92 Å². The van der Waals surface area contributed by atoms with Gasteiger partial charge in [-0.3, -0.25) is 8.78 Å². The van der Waals surface area contributed by atoms with E-state index in [4.69, 9.17) is 0 Å². The van der Waals surface area contributed by atoms with Gasteiger partial charge in [-0.2, -0.15) is 0 Å². The lowest BCUT2D eigenvalue weighted by Gasteiger charge is -2.01. The van der Waals surface area contributed by atoms with E-state index in [9.17, 15) is 8.78 Å². The van der Waals surface area contributed by atoms with Crippen LogP contribution in [0.1, 0.15) is 19.8 Å². The molecular formula is C6H12F2. The average Bonchev–Trinajstić information content (AvgIpc) is 1.83. The smallest absolute Gasteiger partial charge is 0.0919 e. The summed E-state index contributed by atoms with van der Waals surface area (Å²) in [7, 11) is 0. The minimum absolute atomic E-state index is 0.0470. The summed E-state index contributed by atoms with van der Waals surface area (Å²) in [6.45, 7) is 1.15. The van der Waals surface area contributed by atoms with Crippen LogP contribution in [0.2, 0.25) is 0 Å². The molecule has 0 aromatic heterocycles. The van der Waals surface area contributed by atoms with Crippen LogP contribution in [0.4, 0.5) is 8.78 Å². The second-order valence-electron chi connectivity index (χ2n) is 2.09. The SMILES string of the molecule is CC(CF)CCCF. The molecule has 0 amide bonds. The molecule has 1 atom stereocenters. The quantitative estimate of drug-likeness (QED) is 0.537. The van der Waals surface area contributed by atoms with E-state index in [0.29, 0.717) is 12.8 Å². The van der Waals surface area contributed by atoms with Gasteiger partial charge in [0.25, 0.3) is 0 Å². The molecule has 0 aromatic rings. The summed E-state index contributed by atoms with van der Waals surface area (Å²) in [5, 5.41) is 0. The lowest BCUT2D eigenvalue weighted by Crippen LogP contribution is -1.96. The number of hydrogen-bond acceptors (Lipinski definition) is 0. The van der Waals surface area contributed by atoms with Gasteiger partial charge >= 0.3 is 0 Å². The van der Waals surface area contributed by atoms with Gasteiger partial charge in [0, 0.05) is 0 Å². The molecule has 0 saturated heterocycles. The van der Waals surface area contributed by atoms with Gasteiger partial charge in [-0.15, -0.1) is 0 Å². The Morgan fingerprint density at radius 3 is 2.38 bits per heavy atom. The van der Waals surface area contributed by atoms with Crippen molar-refractivity contribution in [2.45, 2.75) is 19.8 Å². The fourth-order valence-corrected chi connectivity index (χ4v) is 0.503. The van der Waals surface area contributed by atoms with Crippen molar-refractivity contribution >= 4 is 0 Å². The van der Waals surface area contributed by atoms with Gasteiger partial charge in [-0.1, -0.05) is 6.92 Å². The molecule has 0 heterocycles. The molecule has 0 aromatic carbocycles. The molecule has 0 spiro atoms. The fourth-order valence-electron chi connectivity index (χ4n) is 0.503. The van der Waals surface area contributed by atoms with E-state index in [1.165, 1.54) is 0 Å². The van der Waals surface area contributed by atoms with Crippen molar-refractivity contribution in [1.82, 2.24) is 0 Å². The van der Waals surface area contributed by atoms with E-state index < -0.39 is 0 Å². The normalized spacial score (nSPS) is 13.9. The molecule has 0 rings (SSSR count). The molecule has 0 fully saturated rings. The number of alkyl halides is 2. The van der Waals surface area contributed by atoms with Gasteiger partial charge in [0.05, 0.1) is 13.3 Å². The third-order valence-corrected chi connectivity index (χ3v) is 1.09. The van der Waals surface area contributed by atoms with Crippen LogP contribution in [0.5, 0.6) is 0 Å². The summed E-state index contributed by atoms with van der Waals surface area (Å²) in [6.07, 6.45) is 1.18. The zero-order valence-electron chi connectivity index (χ0n) is 5.16. The van der Waals surface area contributed by atoms with E-state index in [1.807, 2.05) is 0 Å². The zero-order valence-corrected chi connectivity index (χ0v) is 5.16. The van der Waals surface area contributed by atoms with E-state index in [-0.39, 0.29) is 19.3 Å². The molecule has 0 aliphatic carbocycles. The molecule has 0 N–H and O–H groups in total. The highest BCUT2D eigenvalue weighted by atomic mass is 19.1. The predicted molar refractivity (Wildman–Crippen MR) is 30.3 cm³/mol. The fraction of sp³-hybridized carbons (Fsp3) is 1.00. The summed E-state index contributed by atoms with van der Waals surface area (Å²) in [5.41, 5.74) is 0. The van der Waals surface area contributed by atoms with E-state index >= 15 is 0 Å². The maximum atomic E-state index is 11.6. The van der Waals surface area contributed by atoms with Crippen molar-refractivity contribution in [3.63, 3.8) is 0 Å². The van der Waals surface area contributed by atoms with Crippen molar-refractivity contribution in [3.05, 3.63) is 0 Å². The number of rotatable bonds is 4. The third-order valence-electron chi connectivity index (χ3n) is 1.09. The molecule has 8 heavy (non-hydrogen) atoms. The van der Waals surface area contributed by atoms with Crippen molar-refractivity contribution in [3.8, 4) is 0 Å². The Morgan fingerprint density at radius 1 is 1.38 bits per heavy atom. The molecule has 0 bridgehead atoms. The van der Waals surface area contributed by atoms with Gasteiger partial charge in [-0.05, 0) is 18.8 Å². The molecule has 50 valence electrons. The molecule has 0 aliphatic rings. The largest absolute Gasteiger partial charge is 0.251 e. The highest BCUT2D eigenvalue weighted by Gasteiger charge is 1.98. The Hall–Kier alpha value is -0.140. The average molecular weight is 122 g/mol. The van der Waals surface area contributed by atoms with Crippen LogP contribution in [0, 0.1) is 5.92 Å². The van der Waals surface area contributed by atoms with Crippen molar-refractivity contribution in [1.29, 1.82) is 0 Å². The van der Waals surface area contributed by atoms with Crippen LogP contribution in [0.3, 0.4) is 0 Å². The van der Waals surface area contributed by atoms with Crippen molar-refractivity contribution in [2.75, 3.05) is 13.3 Å². The number of halogens is 2. The monoisotopic (exact) mass is 122 g/mol. The third kappa shape index (κ3) is 4.03. The summed E-state index contributed by atoms with van der Waals surface area (Å²) < 4.78 is 23.0. The van der Waals surface area contributed by atoms with Crippen molar-refractivity contribution < 1.29 is 8.78 Å². The second kappa shape index (κ2) is 5.01. The van der Waals surface area contributed by atoms with Crippen LogP contribution in [0.15, 0.2) is 0 Å². The first kappa shape index (κ1) is 7.86. The van der Waals surface area contributed by atoms with Gasteiger partial charge in [0.2, 0.25) is 0 Å². The number of hydrogen-bond donors (Lipinski definition) is 0. The first-order valence-electron chi connectivity index (χ1n) is 2.93. The van der Waals surface area contributed by atoms with Gasteiger partial charge in [0.1, 0.15) is 0 Å². The lowest BCUT2D eigenvalue weighted by atomic mass is 10.1. The summed E-state index contributed by atoms with van der Waals surface area (Å²) in [5.74, 6) is 0.0470. The maximum absolute atomic E-state index is 11.6. The highest BCUT2D eigenvalue weighted by Crippen LogP contribution is 2.04. The van der Waals surface area contributed by atoms with Crippen LogP contribution in [0.25, 0.3) is 0 Å². The van der Waals surface area contributed by atoms with Crippen molar-refractivity contribution in [2.24, 2.45) is 5.92 Å². The first-order chi connectivity index (χ1) is 3.81. The van der Waals surface area contributed by atoms with Gasteiger partial charge in [-0.25, -0.2) is 0 Å². The maximum Gasteiger partial charge on any atom is 0.0919 e. The van der Waals surface area contributed by atoms with Crippen LogP contribution >= 0.6 is 0 Å². The van der Waals surface area contributed by atoms with Gasteiger partial charge in [0.15, 0.2) is 0 Å². The summed E-state index contributed by atoms with van der Waals surface area (Å²) in [6, 6.07) is 0. The topological polar surface area (TPSA) is 0 Å². The van der Waals surface area contributed by atoms with Crippen LogP contribution < -0.4 is 0 Å². The summed E-state index contributed by atoms with van der Waals surface area (Å²) in [4.78, 5) is 0. The van der Waals surface area contributed by atoms with E-state index in [0.717, 1.165) is 0 Å². The molecular weight excluding hydrogens is 110 g/mol. The lowest BCUT2D eigenvalue weighted by molar-refractivity contribution is 0.341.